The Morgan fingerprint density at radius 2 is 2.12 bits per heavy atom. The van der Waals surface area contributed by atoms with Gasteiger partial charge in [-0.15, -0.1) is 0 Å². The standard InChI is InChI=1S/C9H14N2O6/c12-3-5-4(13)1-8(17-5)11-7(15)2-6(14)10-9(11)16/h4-5,7-8,12-13,15H,1-3H2,(H,10,14,16)/t4-,5+,7+,8+/m0/s1. The molecule has 2 rings (SSSR count). The third kappa shape index (κ3) is 2.25. The van der Waals surface area contributed by atoms with E-state index in [1.54, 1.807) is 0 Å². The second kappa shape index (κ2) is 4.57. The molecule has 2 aliphatic rings. The van der Waals surface area contributed by atoms with E-state index in [9.17, 15) is 19.8 Å². The Kier molecular flexibility index (Phi) is 3.29. The van der Waals surface area contributed by atoms with Crippen molar-refractivity contribution in [3.63, 3.8) is 0 Å². The van der Waals surface area contributed by atoms with Crippen molar-refractivity contribution in [3.05, 3.63) is 0 Å². The summed E-state index contributed by atoms with van der Waals surface area (Å²) in [5.74, 6) is -0.559. The van der Waals surface area contributed by atoms with Gasteiger partial charge in [-0.1, -0.05) is 0 Å². The van der Waals surface area contributed by atoms with E-state index in [1.165, 1.54) is 0 Å². The van der Waals surface area contributed by atoms with Crippen molar-refractivity contribution in [3.8, 4) is 0 Å². The van der Waals surface area contributed by atoms with Crippen LogP contribution < -0.4 is 5.32 Å². The van der Waals surface area contributed by atoms with Crippen molar-refractivity contribution in [2.24, 2.45) is 0 Å². The van der Waals surface area contributed by atoms with Crippen molar-refractivity contribution >= 4 is 11.9 Å². The minimum atomic E-state index is -1.27. The van der Waals surface area contributed by atoms with Gasteiger partial charge in [0.25, 0.3) is 0 Å². The molecule has 0 aliphatic carbocycles. The van der Waals surface area contributed by atoms with E-state index >= 15 is 0 Å². The second-order valence-corrected chi connectivity index (χ2v) is 4.06. The quantitative estimate of drug-likeness (QED) is 0.435. The van der Waals surface area contributed by atoms with Crippen molar-refractivity contribution in [2.75, 3.05) is 6.61 Å². The van der Waals surface area contributed by atoms with E-state index in [-0.39, 0.29) is 19.4 Å². The molecule has 2 heterocycles. The second-order valence-electron chi connectivity index (χ2n) is 4.06. The van der Waals surface area contributed by atoms with Gasteiger partial charge in [0.15, 0.2) is 0 Å². The number of imide groups is 1. The molecule has 2 aliphatic heterocycles. The summed E-state index contributed by atoms with van der Waals surface area (Å²) in [5, 5.41) is 30.1. The van der Waals surface area contributed by atoms with Crippen molar-refractivity contribution in [1.82, 2.24) is 10.2 Å². The molecular formula is C9H14N2O6. The lowest BCUT2D eigenvalue weighted by Crippen LogP contribution is -2.58. The van der Waals surface area contributed by atoms with E-state index in [0.29, 0.717) is 0 Å². The van der Waals surface area contributed by atoms with E-state index in [4.69, 9.17) is 9.84 Å². The Morgan fingerprint density at radius 1 is 1.41 bits per heavy atom. The first-order valence-electron chi connectivity index (χ1n) is 5.27. The van der Waals surface area contributed by atoms with Crippen LogP contribution in [0.4, 0.5) is 4.79 Å². The number of nitrogens with one attached hydrogen (secondary N) is 1. The predicted octanol–water partition coefficient (Wildman–Crippen LogP) is -2.29. The molecule has 0 unspecified atom stereocenters. The summed E-state index contributed by atoms with van der Waals surface area (Å²) < 4.78 is 5.23. The summed E-state index contributed by atoms with van der Waals surface area (Å²) in [6, 6.07) is -0.760. The average Bonchev–Trinajstić information content (AvgIpc) is 2.57. The van der Waals surface area contributed by atoms with Crippen LogP contribution in [0.3, 0.4) is 0 Å². The molecule has 4 atom stereocenters. The highest BCUT2D eigenvalue weighted by molar-refractivity contribution is 5.97. The van der Waals surface area contributed by atoms with Crippen LogP contribution in [0.15, 0.2) is 0 Å². The summed E-state index contributed by atoms with van der Waals surface area (Å²) in [5.41, 5.74) is 0. The van der Waals surface area contributed by atoms with Crippen LogP contribution in [0, 0.1) is 0 Å². The lowest BCUT2D eigenvalue weighted by molar-refractivity contribution is -0.141. The Bertz CT molecular complexity index is 335. The first kappa shape index (κ1) is 12.2. The topological polar surface area (TPSA) is 119 Å². The Morgan fingerprint density at radius 3 is 2.65 bits per heavy atom. The fourth-order valence-electron chi connectivity index (χ4n) is 2.01. The van der Waals surface area contributed by atoms with Crippen molar-refractivity contribution in [1.29, 1.82) is 0 Å². The fraction of sp³-hybridized carbons (Fsp3) is 0.778. The molecule has 3 amide bonds. The van der Waals surface area contributed by atoms with Gasteiger partial charge in [0.1, 0.15) is 18.6 Å². The Labute approximate surface area is 96.8 Å². The molecule has 17 heavy (non-hydrogen) atoms. The number of hydrogen-bond acceptors (Lipinski definition) is 6. The molecule has 0 saturated carbocycles. The fourth-order valence-corrected chi connectivity index (χ4v) is 2.01. The van der Waals surface area contributed by atoms with E-state index in [0.717, 1.165) is 4.90 Å². The van der Waals surface area contributed by atoms with E-state index < -0.39 is 36.6 Å². The molecule has 0 spiro atoms. The molecule has 8 nitrogen and oxygen atoms in total. The molecule has 96 valence electrons. The normalized spacial score (nSPS) is 38.4. The number of aliphatic hydroxyl groups is 3. The summed E-state index contributed by atoms with van der Waals surface area (Å²) in [6.07, 6.45) is -3.94. The number of aliphatic hydroxyl groups excluding tert-OH is 3. The Hall–Kier alpha value is -1.22. The van der Waals surface area contributed by atoms with Gasteiger partial charge < -0.3 is 20.1 Å². The number of carbonyl (C=O) groups is 2. The average molecular weight is 246 g/mol. The maximum absolute atomic E-state index is 11.5. The number of urea groups is 1. The predicted molar refractivity (Wildman–Crippen MR) is 52.4 cm³/mol. The van der Waals surface area contributed by atoms with E-state index in [2.05, 4.69) is 0 Å². The van der Waals surface area contributed by atoms with Gasteiger partial charge in [-0.05, 0) is 0 Å². The van der Waals surface area contributed by atoms with Gasteiger partial charge >= 0.3 is 6.03 Å². The van der Waals surface area contributed by atoms with Crippen LogP contribution in [0.1, 0.15) is 12.8 Å². The molecule has 2 saturated heterocycles. The number of carbonyl (C=O) groups excluding carboxylic acids is 2. The van der Waals surface area contributed by atoms with Crippen LogP contribution in [0.2, 0.25) is 0 Å². The zero-order valence-corrected chi connectivity index (χ0v) is 8.94. The summed E-state index contributed by atoms with van der Waals surface area (Å²) in [4.78, 5) is 23.5. The highest BCUT2D eigenvalue weighted by Crippen LogP contribution is 2.26. The lowest BCUT2D eigenvalue weighted by atomic mass is 10.1. The largest absolute Gasteiger partial charge is 0.394 e. The van der Waals surface area contributed by atoms with Crippen LogP contribution in [-0.2, 0) is 9.53 Å². The Balaban J connectivity index is 2.07. The summed E-state index contributed by atoms with van der Waals surface area (Å²) in [7, 11) is 0. The SMILES string of the molecule is O=C1C[C@@H](O)N([C@H]2C[C@H](O)[C@@H](CO)O2)C(=O)N1. The van der Waals surface area contributed by atoms with Gasteiger partial charge in [-0.25, -0.2) is 4.79 Å². The molecule has 0 aromatic carbocycles. The maximum atomic E-state index is 11.5. The molecule has 2 fully saturated rings. The van der Waals surface area contributed by atoms with Crippen LogP contribution in [0.5, 0.6) is 0 Å². The lowest BCUT2D eigenvalue weighted by Gasteiger charge is -2.35. The smallest absolute Gasteiger partial charge is 0.328 e. The maximum Gasteiger partial charge on any atom is 0.328 e. The number of hydrogen-bond donors (Lipinski definition) is 4. The monoisotopic (exact) mass is 246 g/mol. The molecule has 0 bridgehead atoms. The molecule has 0 radical (unpaired) electrons. The van der Waals surface area contributed by atoms with E-state index in [1.807, 2.05) is 5.32 Å². The number of rotatable bonds is 2. The summed E-state index contributed by atoms with van der Waals surface area (Å²) in [6.45, 7) is -0.373. The van der Waals surface area contributed by atoms with Crippen LogP contribution in [-0.4, -0.2) is 63.4 Å². The van der Waals surface area contributed by atoms with Gasteiger partial charge in [0.05, 0.1) is 19.1 Å². The number of ether oxygens (including phenoxy) is 1. The van der Waals surface area contributed by atoms with Crippen LogP contribution >= 0.6 is 0 Å². The zero-order valence-electron chi connectivity index (χ0n) is 8.94. The zero-order chi connectivity index (χ0) is 12.6. The number of nitrogens with zero attached hydrogens (tertiary/aromatic N) is 1. The minimum Gasteiger partial charge on any atom is -0.394 e. The first-order valence-corrected chi connectivity index (χ1v) is 5.27. The molecule has 8 heteroatoms. The molecular weight excluding hydrogens is 232 g/mol. The molecule has 4 N–H and O–H groups in total. The van der Waals surface area contributed by atoms with Gasteiger partial charge in [-0.3, -0.25) is 15.0 Å². The van der Waals surface area contributed by atoms with Crippen molar-refractivity contribution < 1.29 is 29.6 Å². The highest BCUT2D eigenvalue weighted by atomic mass is 16.5. The summed E-state index contributed by atoms with van der Waals surface area (Å²) >= 11 is 0. The van der Waals surface area contributed by atoms with Gasteiger partial charge in [-0.2, -0.15) is 0 Å². The number of amides is 3. The molecule has 0 aromatic heterocycles. The van der Waals surface area contributed by atoms with Gasteiger partial charge in [0, 0.05) is 6.42 Å². The minimum absolute atomic E-state index is 0.0872. The molecule has 0 aromatic rings. The third-order valence-electron chi connectivity index (χ3n) is 2.86. The highest BCUT2D eigenvalue weighted by Gasteiger charge is 2.43. The first-order chi connectivity index (χ1) is 8.02. The third-order valence-corrected chi connectivity index (χ3v) is 2.86. The van der Waals surface area contributed by atoms with Gasteiger partial charge in [0.2, 0.25) is 5.91 Å². The van der Waals surface area contributed by atoms with Crippen LogP contribution in [0.25, 0.3) is 0 Å². The van der Waals surface area contributed by atoms with Crippen molar-refractivity contribution in [2.45, 2.75) is 37.5 Å².